The minimum atomic E-state index is -0.291. The number of ketones is 1. The number of nitrogens with zero attached hydrogens (tertiary/aromatic N) is 1. The number of carbonyl (C=O) groups excluding carboxylic acids is 2. The predicted molar refractivity (Wildman–Crippen MR) is 72.1 cm³/mol. The molecule has 1 atom stereocenters. The second kappa shape index (κ2) is 5.97. The molecule has 1 aliphatic rings. The number of hydrogen-bond acceptors (Lipinski definition) is 4. The van der Waals surface area contributed by atoms with E-state index in [0.717, 1.165) is 24.9 Å². The number of esters is 1. The molecule has 102 valence electrons. The molecule has 0 spiro atoms. The van der Waals surface area contributed by atoms with Crippen molar-refractivity contribution in [2.24, 2.45) is 0 Å². The Kier molecular flexibility index (Phi) is 4.32. The van der Waals surface area contributed by atoms with Crippen LogP contribution in [0.4, 0.5) is 0 Å². The molecule has 0 radical (unpaired) electrons. The maximum Gasteiger partial charge on any atom is 0.323 e. The van der Waals surface area contributed by atoms with Gasteiger partial charge in [0.15, 0.2) is 12.4 Å². The Morgan fingerprint density at radius 1 is 1.32 bits per heavy atom. The average molecular weight is 261 g/mol. The lowest BCUT2D eigenvalue weighted by Gasteiger charge is -2.17. The van der Waals surface area contributed by atoms with E-state index in [4.69, 9.17) is 4.74 Å². The van der Waals surface area contributed by atoms with Gasteiger partial charge in [-0.25, -0.2) is 0 Å². The molecule has 4 heteroatoms. The number of rotatable bonds is 4. The monoisotopic (exact) mass is 261 g/mol. The van der Waals surface area contributed by atoms with E-state index in [9.17, 15) is 9.59 Å². The summed E-state index contributed by atoms with van der Waals surface area (Å²) in [7, 11) is 1.90. The van der Waals surface area contributed by atoms with Crippen LogP contribution in [-0.2, 0) is 9.53 Å². The Morgan fingerprint density at radius 3 is 2.58 bits per heavy atom. The third-order valence-corrected chi connectivity index (χ3v) is 3.51. The number of likely N-dealkylation sites (N-methyl/N-ethyl adjacent to an activating group) is 1. The van der Waals surface area contributed by atoms with Crippen LogP contribution in [0.5, 0.6) is 0 Å². The van der Waals surface area contributed by atoms with Crippen molar-refractivity contribution in [3.63, 3.8) is 0 Å². The Balaban J connectivity index is 1.86. The summed E-state index contributed by atoms with van der Waals surface area (Å²) in [5, 5.41) is 0. The molecule has 1 aromatic carbocycles. The van der Waals surface area contributed by atoms with Crippen molar-refractivity contribution in [2.75, 3.05) is 20.2 Å². The zero-order chi connectivity index (χ0) is 13.8. The Morgan fingerprint density at radius 2 is 2.00 bits per heavy atom. The molecule has 1 heterocycles. The van der Waals surface area contributed by atoms with E-state index in [1.54, 1.807) is 12.1 Å². The molecule has 1 unspecified atom stereocenters. The quantitative estimate of drug-likeness (QED) is 0.612. The first-order chi connectivity index (χ1) is 9.08. The van der Waals surface area contributed by atoms with Gasteiger partial charge in [0.05, 0.1) is 0 Å². The third kappa shape index (κ3) is 3.41. The molecular formula is C15H19NO3. The summed E-state index contributed by atoms with van der Waals surface area (Å²) in [5.41, 5.74) is 1.68. The summed E-state index contributed by atoms with van der Waals surface area (Å²) in [6, 6.07) is 7.07. The Labute approximate surface area is 113 Å². The lowest BCUT2D eigenvalue weighted by molar-refractivity contribution is -0.147. The van der Waals surface area contributed by atoms with Gasteiger partial charge < -0.3 is 4.74 Å². The van der Waals surface area contributed by atoms with Gasteiger partial charge in [-0.2, -0.15) is 0 Å². The van der Waals surface area contributed by atoms with E-state index in [1.165, 1.54) is 0 Å². The van der Waals surface area contributed by atoms with Gasteiger partial charge in [0.2, 0.25) is 0 Å². The summed E-state index contributed by atoms with van der Waals surface area (Å²) in [5.74, 6) is -0.450. The van der Waals surface area contributed by atoms with Crippen LogP contribution < -0.4 is 0 Å². The Bertz CT molecular complexity index is 467. The van der Waals surface area contributed by atoms with Gasteiger partial charge in [0.25, 0.3) is 0 Å². The van der Waals surface area contributed by atoms with Gasteiger partial charge in [-0.3, -0.25) is 14.5 Å². The number of hydrogen-bond donors (Lipinski definition) is 0. The number of carbonyl (C=O) groups is 2. The number of Topliss-reactive ketones (excluding diaryl/α,β-unsaturated/α-hetero) is 1. The van der Waals surface area contributed by atoms with Gasteiger partial charge in [-0.1, -0.05) is 29.8 Å². The highest BCUT2D eigenvalue weighted by molar-refractivity contribution is 5.98. The fourth-order valence-corrected chi connectivity index (χ4v) is 2.26. The highest BCUT2D eigenvalue weighted by Crippen LogP contribution is 2.16. The summed E-state index contributed by atoms with van der Waals surface area (Å²) in [4.78, 5) is 25.7. The molecule has 1 aliphatic heterocycles. The van der Waals surface area contributed by atoms with Crippen molar-refractivity contribution in [1.82, 2.24) is 4.90 Å². The van der Waals surface area contributed by atoms with E-state index in [-0.39, 0.29) is 24.4 Å². The average Bonchev–Trinajstić information content (AvgIpc) is 2.83. The second-order valence-electron chi connectivity index (χ2n) is 5.04. The van der Waals surface area contributed by atoms with E-state index < -0.39 is 0 Å². The van der Waals surface area contributed by atoms with E-state index >= 15 is 0 Å². The summed E-state index contributed by atoms with van der Waals surface area (Å²) >= 11 is 0. The highest BCUT2D eigenvalue weighted by Gasteiger charge is 2.29. The van der Waals surface area contributed by atoms with Gasteiger partial charge in [-0.15, -0.1) is 0 Å². The van der Waals surface area contributed by atoms with Crippen molar-refractivity contribution in [1.29, 1.82) is 0 Å². The van der Waals surface area contributed by atoms with Gasteiger partial charge in [-0.05, 0) is 33.4 Å². The molecule has 0 amide bonds. The predicted octanol–water partition coefficient (Wildman–Crippen LogP) is 1.82. The SMILES string of the molecule is Cc1ccc(C(=O)COC(=O)C2CCCN2C)cc1. The van der Waals surface area contributed by atoms with E-state index in [1.807, 2.05) is 31.0 Å². The van der Waals surface area contributed by atoms with Crippen molar-refractivity contribution in [2.45, 2.75) is 25.8 Å². The zero-order valence-corrected chi connectivity index (χ0v) is 11.4. The molecule has 0 aromatic heterocycles. The molecule has 0 N–H and O–H groups in total. The maximum atomic E-state index is 11.9. The molecule has 1 aromatic rings. The van der Waals surface area contributed by atoms with Crippen LogP contribution in [0.1, 0.15) is 28.8 Å². The van der Waals surface area contributed by atoms with Crippen LogP contribution in [0.25, 0.3) is 0 Å². The normalized spacial score (nSPS) is 19.4. The van der Waals surface area contributed by atoms with Crippen molar-refractivity contribution < 1.29 is 14.3 Å². The highest BCUT2D eigenvalue weighted by atomic mass is 16.5. The molecule has 4 nitrogen and oxygen atoms in total. The van der Waals surface area contributed by atoms with Crippen molar-refractivity contribution in [3.8, 4) is 0 Å². The summed E-state index contributed by atoms with van der Waals surface area (Å²) in [6.07, 6.45) is 1.82. The third-order valence-electron chi connectivity index (χ3n) is 3.51. The Hall–Kier alpha value is -1.68. The summed E-state index contributed by atoms with van der Waals surface area (Å²) in [6.45, 7) is 2.70. The number of ether oxygens (including phenoxy) is 1. The number of likely N-dealkylation sites (tertiary alicyclic amines) is 1. The van der Waals surface area contributed by atoms with E-state index in [2.05, 4.69) is 0 Å². The first kappa shape index (κ1) is 13.7. The van der Waals surface area contributed by atoms with Gasteiger partial charge in [0, 0.05) is 5.56 Å². The summed E-state index contributed by atoms with van der Waals surface area (Å²) < 4.78 is 5.11. The first-order valence-electron chi connectivity index (χ1n) is 6.54. The molecule has 0 saturated carbocycles. The van der Waals surface area contributed by atoms with Gasteiger partial charge >= 0.3 is 5.97 Å². The van der Waals surface area contributed by atoms with Crippen LogP contribution in [0.2, 0.25) is 0 Å². The zero-order valence-electron chi connectivity index (χ0n) is 11.4. The number of benzene rings is 1. The molecule has 1 saturated heterocycles. The second-order valence-corrected chi connectivity index (χ2v) is 5.04. The standard InChI is InChI=1S/C15H19NO3/c1-11-5-7-12(8-6-11)14(17)10-19-15(18)13-4-3-9-16(13)2/h5-8,13H,3-4,9-10H2,1-2H3. The lowest BCUT2D eigenvalue weighted by Crippen LogP contribution is -2.35. The largest absolute Gasteiger partial charge is 0.456 e. The van der Waals surface area contributed by atoms with Crippen molar-refractivity contribution >= 4 is 11.8 Å². The first-order valence-corrected chi connectivity index (χ1v) is 6.54. The molecule has 1 fully saturated rings. The fraction of sp³-hybridized carbons (Fsp3) is 0.467. The van der Waals surface area contributed by atoms with Crippen LogP contribution >= 0.6 is 0 Å². The molecule has 19 heavy (non-hydrogen) atoms. The van der Waals surface area contributed by atoms with E-state index in [0.29, 0.717) is 5.56 Å². The number of aryl methyl sites for hydroxylation is 1. The minimum absolute atomic E-state index is 0.158. The molecule has 2 rings (SSSR count). The topological polar surface area (TPSA) is 46.6 Å². The smallest absolute Gasteiger partial charge is 0.323 e. The van der Waals surface area contributed by atoms with Crippen LogP contribution in [0.15, 0.2) is 24.3 Å². The lowest BCUT2D eigenvalue weighted by atomic mass is 10.1. The maximum absolute atomic E-state index is 11.9. The van der Waals surface area contributed by atoms with Crippen molar-refractivity contribution in [3.05, 3.63) is 35.4 Å². The molecule has 0 aliphatic carbocycles. The van der Waals surface area contributed by atoms with Crippen LogP contribution in [-0.4, -0.2) is 42.9 Å². The molecular weight excluding hydrogens is 242 g/mol. The molecule has 0 bridgehead atoms. The minimum Gasteiger partial charge on any atom is -0.456 e. The van der Waals surface area contributed by atoms with Crippen LogP contribution in [0.3, 0.4) is 0 Å². The van der Waals surface area contributed by atoms with Crippen LogP contribution in [0, 0.1) is 6.92 Å². The fourth-order valence-electron chi connectivity index (χ4n) is 2.26. The van der Waals surface area contributed by atoms with Gasteiger partial charge in [0.1, 0.15) is 6.04 Å².